The fourth-order valence-electron chi connectivity index (χ4n) is 2.75. The minimum Gasteiger partial charge on any atom is -0.368 e. The third kappa shape index (κ3) is 2.54. The van der Waals surface area contributed by atoms with E-state index in [9.17, 15) is 14.0 Å². The lowest BCUT2D eigenvalue weighted by Crippen LogP contribution is -2.35. The topological polar surface area (TPSA) is 51.1 Å². The Morgan fingerprint density at radius 3 is 2.68 bits per heavy atom. The number of carbonyl (C=O) groups is 1. The third-order valence-electron chi connectivity index (χ3n) is 4.07. The Balaban J connectivity index is 2.06. The number of aromatic nitrogens is 1. The van der Waals surface area contributed by atoms with Crippen molar-refractivity contribution in [3.05, 3.63) is 63.7 Å². The van der Waals surface area contributed by atoms with Crippen LogP contribution in [0, 0.1) is 5.82 Å². The molecule has 1 unspecified atom stereocenters. The van der Waals surface area contributed by atoms with E-state index in [1.165, 1.54) is 30.3 Å². The Morgan fingerprint density at radius 2 is 2.00 bits per heavy atom. The van der Waals surface area contributed by atoms with Crippen LogP contribution in [-0.2, 0) is 6.54 Å². The first-order chi connectivity index (χ1) is 10.6. The van der Waals surface area contributed by atoms with Gasteiger partial charge in [0.05, 0.1) is 5.56 Å². The first-order valence-corrected chi connectivity index (χ1v) is 7.41. The Labute approximate surface area is 127 Å². The van der Waals surface area contributed by atoms with Crippen molar-refractivity contribution >= 4 is 11.6 Å². The van der Waals surface area contributed by atoms with E-state index in [2.05, 4.69) is 12.2 Å². The van der Waals surface area contributed by atoms with Crippen LogP contribution in [0.1, 0.15) is 35.7 Å². The number of hydrogen-bond donors (Lipinski definition) is 1. The molecule has 0 bridgehead atoms. The Bertz CT molecular complexity index is 765. The maximum atomic E-state index is 13.0. The van der Waals surface area contributed by atoms with Gasteiger partial charge in [0.2, 0.25) is 0 Å². The summed E-state index contributed by atoms with van der Waals surface area (Å²) < 4.78 is 14.6. The number of nitrogens with one attached hydrogen (secondary N) is 1. The molecule has 0 spiro atoms. The number of ketones is 1. The Morgan fingerprint density at radius 1 is 1.27 bits per heavy atom. The standard InChI is InChI=1S/C17H17FN2O2/c1-2-13-9-10-20-15(21)8-7-14(17(20)19-13)16(22)11-3-5-12(18)6-4-11/h3-8,13,19H,2,9-10H2,1H3. The molecule has 2 aromatic rings. The van der Waals surface area contributed by atoms with Crippen LogP contribution in [0.2, 0.25) is 0 Å². The van der Waals surface area contributed by atoms with Gasteiger partial charge in [-0.15, -0.1) is 0 Å². The van der Waals surface area contributed by atoms with Crippen molar-refractivity contribution in [2.75, 3.05) is 5.32 Å². The first kappa shape index (κ1) is 14.5. The third-order valence-corrected chi connectivity index (χ3v) is 4.07. The van der Waals surface area contributed by atoms with Crippen molar-refractivity contribution in [2.45, 2.75) is 32.4 Å². The molecule has 0 saturated carbocycles. The van der Waals surface area contributed by atoms with Crippen LogP contribution in [-0.4, -0.2) is 16.4 Å². The van der Waals surface area contributed by atoms with E-state index >= 15 is 0 Å². The second-order valence-corrected chi connectivity index (χ2v) is 5.46. The number of halogens is 1. The smallest absolute Gasteiger partial charge is 0.252 e. The fraction of sp³-hybridized carbons (Fsp3) is 0.294. The first-order valence-electron chi connectivity index (χ1n) is 7.41. The van der Waals surface area contributed by atoms with E-state index in [1.54, 1.807) is 10.6 Å². The number of anilines is 1. The molecule has 0 radical (unpaired) electrons. The van der Waals surface area contributed by atoms with Gasteiger partial charge in [-0.2, -0.15) is 0 Å². The molecule has 1 aromatic carbocycles. The summed E-state index contributed by atoms with van der Waals surface area (Å²) >= 11 is 0. The molecule has 114 valence electrons. The van der Waals surface area contributed by atoms with Gasteiger partial charge < -0.3 is 5.32 Å². The van der Waals surface area contributed by atoms with Gasteiger partial charge in [0.15, 0.2) is 5.78 Å². The summed E-state index contributed by atoms with van der Waals surface area (Å²) in [4.78, 5) is 24.6. The van der Waals surface area contributed by atoms with E-state index in [0.29, 0.717) is 23.5 Å². The monoisotopic (exact) mass is 300 g/mol. The van der Waals surface area contributed by atoms with E-state index in [1.807, 2.05) is 0 Å². The maximum absolute atomic E-state index is 13.0. The van der Waals surface area contributed by atoms with Crippen LogP contribution in [0.5, 0.6) is 0 Å². The van der Waals surface area contributed by atoms with Gasteiger partial charge in [-0.25, -0.2) is 4.39 Å². The zero-order valence-corrected chi connectivity index (χ0v) is 12.3. The second kappa shape index (κ2) is 5.75. The van der Waals surface area contributed by atoms with E-state index < -0.39 is 0 Å². The maximum Gasteiger partial charge on any atom is 0.252 e. The van der Waals surface area contributed by atoms with Gasteiger partial charge in [0.1, 0.15) is 11.6 Å². The van der Waals surface area contributed by atoms with E-state index in [4.69, 9.17) is 0 Å². The van der Waals surface area contributed by atoms with Gasteiger partial charge in [0, 0.05) is 24.2 Å². The minimum absolute atomic E-state index is 0.118. The summed E-state index contributed by atoms with van der Waals surface area (Å²) in [5, 5.41) is 3.29. The molecule has 1 atom stereocenters. The minimum atomic E-state index is -0.382. The molecule has 0 amide bonds. The van der Waals surface area contributed by atoms with Crippen molar-refractivity contribution < 1.29 is 9.18 Å². The molecule has 22 heavy (non-hydrogen) atoms. The van der Waals surface area contributed by atoms with Crippen molar-refractivity contribution in [1.82, 2.24) is 4.57 Å². The lowest BCUT2D eigenvalue weighted by Gasteiger charge is -2.28. The lowest BCUT2D eigenvalue weighted by atomic mass is 10.0. The van der Waals surface area contributed by atoms with Crippen LogP contribution in [0.4, 0.5) is 10.2 Å². The van der Waals surface area contributed by atoms with Crippen LogP contribution in [0.3, 0.4) is 0 Å². The van der Waals surface area contributed by atoms with Crippen LogP contribution in [0.25, 0.3) is 0 Å². The number of carbonyl (C=O) groups excluding carboxylic acids is 1. The van der Waals surface area contributed by atoms with Gasteiger partial charge in [0.25, 0.3) is 5.56 Å². The van der Waals surface area contributed by atoms with E-state index in [0.717, 1.165) is 12.8 Å². The highest BCUT2D eigenvalue weighted by Gasteiger charge is 2.23. The second-order valence-electron chi connectivity index (χ2n) is 5.46. The summed E-state index contributed by atoms with van der Waals surface area (Å²) in [6, 6.07) is 8.65. The van der Waals surface area contributed by atoms with Crippen molar-refractivity contribution in [3.63, 3.8) is 0 Å². The number of nitrogens with zero attached hydrogens (tertiary/aromatic N) is 1. The highest BCUT2D eigenvalue weighted by Crippen LogP contribution is 2.24. The van der Waals surface area contributed by atoms with Crippen molar-refractivity contribution in [2.24, 2.45) is 0 Å². The zero-order chi connectivity index (χ0) is 15.7. The van der Waals surface area contributed by atoms with Crippen molar-refractivity contribution in [3.8, 4) is 0 Å². The normalized spacial score (nSPS) is 16.7. The summed E-state index contributed by atoms with van der Waals surface area (Å²) in [7, 11) is 0. The van der Waals surface area contributed by atoms with Crippen LogP contribution >= 0.6 is 0 Å². The number of rotatable bonds is 3. The molecule has 1 aliphatic heterocycles. The lowest BCUT2D eigenvalue weighted by molar-refractivity contribution is 0.103. The van der Waals surface area contributed by atoms with E-state index in [-0.39, 0.29) is 23.2 Å². The fourth-order valence-corrected chi connectivity index (χ4v) is 2.75. The molecule has 5 heteroatoms. The number of pyridine rings is 1. The SMILES string of the molecule is CCC1CCn2c(c(C(=O)c3ccc(F)cc3)ccc2=O)N1. The van der Waals surface area contributed by atoms with Gasteiger partial charge in [-0.05, 0) is 43.2 Å². The molecule has 4 nitrogen and oxygen atoms in total. The van der Waals surface area contributed by atoms with Gasteiger partial charge in [-0.1, -0.05) is 6.92 Å². The zero-order valence-electron chi connectivity index (χ0n) is 12.3. The molecule has 1 N–H and O–H groups in total. The molecular formula is C17H17FN2O2. The molecule has 3 rings (SSSR count). The summed E-state index contributed by atoms with van der Waals surface area (Å²) in [6.45, 7) is 2.67. The highest BCUT2D eigenvalue weighted by molar-refractivity contribution is 6.11. The number of fused-ring (bicyclic) bond motifs is 1. The molecule has 1 aliphatic rings. The van der Waals surface area contributed by atoms with Crippen molar-refractivity contribution in [1.29, 1.82) is 0 Å². The van der Waals surface area contributed by atoms with Crippen LogP contribution in [0.15, 0.2) is 41.2 Å². The summed E-state index contributed by atoms with van der Waals surface area (Å²) in [6.07, 6.45) is 1.78. The molecule has 2 heterocycles. The predicted molar refractivity (Wildman–Crippen MR) is 82.9 cm³/mol. The number of benzene rings is 1. The largest absolute Gasteiger partial charge is 0.368 e. The average Bonchev–Trinajstić information content (AvgIpc) is 2.55. The highest BCUT2D eigenvalue weighted by atomic mass is 19.1. The molecule has 0 saturated heterocycles. The predicted octanol–water partition coefficient (Wildman–Crippen LogP) is 2.81. The summed E-state index contributed by atoms with van der Waals surface area (Å²) in [5.41, 5.74) is 0.736. The molecule has 0 aliphatic carbocycles. The summed E-state index contributed by atoms with van der Waals surface area (Å²) in [5.74, 6) is -0.0278. The molecule has 0 fully saturated rings. The average molecular weight is 300 g/mol. The molecular weight excluding hydrogens is 283 g/mol. The number of hydrogen-bond acceptors (Lipinski definition) is 3. The van der Waals surface area contributed by atoms with Gasteiger partial charge in [-0.3, -0.25) is 14.2 Å². The van der Waals surface area contributed by atoms with Gasteiger partial charge >= 0.3 is 0 Å². The quantitative estimate of drug-likeness (QED) is 0.887. The Kier molecular flexibility index (Phi) is 3.79. The van der Waals surface area contributed by atoms with Crippen LogP contribution < -0.4 is 10.9 Å². The molecule has 1 aromatic heterocycles. The Hall–Kier alpha value is -2.43.